The molecule has 0 bridgehead atoms. The first kappa shape index (κ1) is 14.0. The molecule has 1 fully saturated rings. The lowest BCUT2D eigenvalue weighted by molar-refractivity contribution is -0.124. The van der Waals surface area contributed by atoms with Crippen molar-refractivity contribution in [3.05, 3.63) is 12.2 Å². The van der Waals surface area contributed by atoms with Crippen molar-refractivity contribution in [1.82, 2.24) is 15.5 Å². The Bertz CT molecular complexity index is 399. The van der Waals surface area contributed by atoms with Crippen LogP contribution in [0.5, 0.6) is 0 Å². The molecule has 0 aromatic carbocycles. The Morgan fingerprint density at radius 2 is 2.26 bits per heavy atom. The minimum atomic E-state index is -0.232. The molecule has 3 N–H and O–H groups in total. The monoisotopic (exact) mass is 266 g/mol. The van der Waals surface area contributed by atoms with Crippen LogP contribution in [0.25, 0.3) is 0 Å². The molecule has 1 saturated carbocycles. The molecule has 1 aromatic heterocycles. The minimum Gasteiger partial charge on any atom is -0.346 e. The van der Waals surface area contributed by atoms with E-state index in [1.807, 2.05) is 6.92 Å². The first-order chi connectivity index (χ1) is 9.15. The maximum absolute atomic E-state index is 12.1. The Labute approximate surface area is 113 Å². The van der Waals surface area contributed by atoms with Gasteiger partial charge in [0, 0.05) is 6.42 Å². The van der Waals surface area contributed by atoms with Crippen LogP contribution in [0.2, 0.25) is 0 Å². The second kappa shape index (κ2) is 6.14. The predicted molar refractivity (Wildman–Crippen MR) is 70.0 cm³/mol. The lowest BCUT2D eigenvalue weighted by atomic mass is 9.71. The van der Waals surface area contributed by atoms with E-state index in [1.54, 1.807) is 0 Å². The quantitative estimate of drug-likeness (QED) is 0.843. The third kappa shape index (κ3) is 3.53. The van der Waals surface area contributed by atoms with Gasteiger partial charge in [0.15, 0.2) is 5.82 Å². The first-order valence-electron chi connectivity index (χ1n) is 6.91. The van der Waals surface area contributed by atoms with Crippen molar-refractivity contribution < 1.29 is 9.32 Å². The van der Waals surface area contributed by atoms with E-state index >= 15 is 0 Å². The topological polar surface area (TPSA) is 94.0 Å². The molecule has 0 aliphatic heterocycles. The van der Waals surface area contributed by atoms with Crippen molar-refractivity contribution in [3.8, 4) is 0 Å². The molecule has 1 atom stereocenters. The standard InChI is InChI=1S/C13H22N4O2/c1-10(12-15-9-19-17-12)16-11(18)7-13(8-14)5-3-2-4-6-13/h9-10H,2-8,14H2,1H3,(H,16,18). The summed E-state index contributed by atoms with van der Waals surface area (Å²) in [5.41, 5.74) is 5.88. The number of hydrogen-bond donors (Lipinski definition) is 2. The summed E-state index contributed by atoms with van der Waals surface area (Å²) in [5, 5.41) is 6.64. The molecule has 0 spiro atoms. The summed E-state index contributed by atoms with van der Waals surface area (Å²) in [5.74, 6) is 0.517. The summed E-state index contributed by atoms with van der Waals surface area (Å²) in [6.07, 6.45) is 7.45. The fraction of sp³-hybridized carbons (Fsp3) is 0.769. The number of aromatic nitrogens is 2. The van der Waals surface area contributed by atoms with Crippen LogP contribution < -0.4 is 11.1 Å². The Morgan fingerprint density at radius 3 is 2.84 bits per heavy atom. The number of hydrogen-bond acceptors (Lipinski definition) is 5. The van der Waals surface area contributed by atoms with Gasteiger partial charge in [0.25, 0.3) is 0 Å². The maximum atomic E-state index is 12.1. The van der Waals surface area contributed by atoms with Crippen molar-refractivity contribution in [3.63, 3.8) is 0 Å². The zero-order valence-corrected chi connectivity index (χ0v) is 11.4. The van der Waals surface area contributed by atoms with Gasteiger partial charge in [-0.05, 0) is 31.7 Å². The van der Waals surface area contributed by atoms with Crippen LogP contribution in [0.15, 0.2) is 10.9 Å². The summed E-state index contributed by atoms with van der Waals surface area (Å²) in [6, 6.07) is -0.232. The predicted octanol–water partition coefficient (Wildman–Crippen LogP) is 1.55. The first-order valence-corrected chi connectivity index (χ1v) is 6.91. The Kier molecular flexibility index (Phi) is 4.52. The average Bonchev–Trinajstić information content (AvgIpc) is 2.93. The van der Waals surface area contributed by atoms with Crippen molar-refractivity contribution in [1.29, 1.82) is 0 Å². The molecule has 2 rings (SSSR count). The van der Waals surface area contributed by atoms with Gasteiger partial charge in [-0.15, -0.1) is 0 Å². The highest BCUT2D eigenvalue weighted by Crippen LogP contribution is 2.38. The number of amides is 1. The Hall–Kier alpha value is -1.43. The van der Waals surface area contributed by atoms with Crippen LogP contribution in [-0.4, -0.2) is 22.6 Å². The number of nitrogens with one attached hydrogen (secondary N) is 1. The van der Waals surface area contributed by atoms with Crippen LogP contribution in [0, 0.1) is 5.41 Å². The number of carbonyl (C=O) groups excluding carboxylic acids is 1. The highest BCUT2D eigenvalue weighted by atomic mass is 16.5. The van der Waals surface area contributed by atoms with Crippen LogP contribution in [0.4, 0.5) is 0 Å². The van der Waals surface area contributed by atoms with Crippen LogP contribution in [-0.2, 0) is 4.79 Å². The van der Waals surface area contributed by atoms with E-state index in [9.17, 15) is 4.79 Å². The summed E-state index contributed by atoms with van der Waals surface area (Å²) in [4.78, 5) is 16.1. The van der Waals surface area contributed by atoms with Gasteiger partial charge in [-0.25, -0.2) is 0 Å². The molecule has 106 valence electrons. The average molecular weight is 266 g/mol. The van der Waals surface area contributed by atoms with Crippen molar-refractivity contribution in [2.45, 2.75) is 51.5 Å². The van der Waals surface area contributed by atoms with E-state index in [-0.39, 0.29) is 17.4 Å². The summed E-state index contributed by atoms with van der Waals surface area (Å²) in [7, 11) is 0. The lowest BCUT2D eigenvalue weighted by Gasteiger charge is -2.35. The van der Waals surface area contributed by atoms with Gasteiger partial charge in [0.05, 0.1) is 6.04 Å². The second-order valence-corrected chi connectivity index (χ2v) is 5.52. The molecule has 19 heavy (non-hydrogen) atoms. The maximum Gasteiger partial charge on any atom is 0.221 e. The van der Waals surface area contributed by atoms with Crippen LogP contribution in [0.3, 0.4) is 0 Å². The van der Waals surface area contributed by atoms with Crippen LogP contribution in [0.1, 0.15) is 57.3 Å². The van der Waals surface area contributed by atoms with Gasteiger partial charge >= 0.3 is 0 Å². The fourth-order valence-electron chi connectivity index (χ4n) is 2.82. The molecule has 1 amide bonds. The SMILES string of the molecule is CC(NC(=O)CC1(CN)CCCCC1)c1ncon1. The third-order valence-corrected chi connectivity index (χ3v) is 4.03. The van der Waals surface area contributed by atoms with Gasteiger partial charge in [-0.2, -0.15) is 4.98 Å². The summed E-state index contributed by atoms with van der Waals surface area (Å²) >= 11 is 0. The van der Waals surface area contributed by atoms with Gasteiger partial charge in [-0.1, -0.05) is 24.4 Å². The molecule has 0 saturated heterocycles. The van der Waals surface area contributed by atoms with E-state index in [4.69, 9.17) is 5.73 Å². The molecular weight excluding hydrogens is 244 g/mol. The normalized spacial score (nSPS) is 19.9. The smallest absolute Gasteiger partial charge is 0.221 e. The molecule has 1 aromatic rings. The Balaban J connectivity index is 1.89. The molecule has 6 nitrogen and oxygen atoms in total. The van der Waals surface area contributed by atoms with Crippen molar-refractivity contribution in [2.75, 3.05) is 6.54 Å². The van der Waals surface area contributed by atoms with Gasteiger partial charge in [0.1, 0.15) is 0 Å². The highest BCUT2D eigenvalue weighted by molar-refractivity contribution is 5.77. The van der Waals surface area contributed by atoms with Crippen molar-refractivity contribution >= 4 is 5.91 Å². The number of nitrogens with zero attached hydrogens (tertiary/aromatic N) is 2. The molecule has 1 heterocycles. The molecule has 6 heteroatoms. The number of rotatable bonds is 5. The van der Waals surface area contributed by atoms with E-state index in [0.29, 0.717) is 18.8 Å². The number of nitrogens with two attached hydrogens (primary N) is 1. The molecular formula is C13H22N4O2. The van der Waals surface area contributed by atoms with Crippen molar-refractivity contribution in [2.24, 2.45) is 11.1 Å². The number of carbonyl (C=O) groups is 1. The highest BCUT2D eigenvalue weighted by Gasteiger charge is 2.33. The second-order valence-electron chi connectivity index (χ2n) is 5.52. The van der Waals surface area contributed by atoms with E-state index in [0.717, 1.165) is 12.8 Å². The van der Waals surface area contributed by atoms with Gasteiger partial charge < -0.3 is 15.6 Å². The van der Waals surface area contributed by atoms with E-state index < -0.39 is 0 Å². The third-order valence-electron chi connectivity index (χ3n) is 4.03. The van der Waals surface area contributed by atoms with Gasteiger partial charge in [0.2, 0.25) is 12.3 Å². The molecule has 1 aliphatic rings. The van der Waals surface area contributed by atoms with Crippen LogP contribution >= 0.6 is 0 Å². The fourth-order valence-corrected chi connectivity index (χ4v) is 2.82. The molecule has 0 radical (unpaired) electrons. The van der Waals surface area contributed by atoms with Gasteiger partial charge in [-0.3, -0.25) is 4.79 Å². The van der Waals surface area contributed by atoms with E-state index in [1.165, 1.54) is 25.7 Å². The lowest BCUT2D eigenvalue weighted by Crippen LogP contribution is -2.39. The summed E-state index contributed by atoms with van der Waals surface area (Å²) in [6.45, 7) is 2.43. The molecule has 1 unspecified atom stereocenters. The largest absolute Gasteiger partial charge is 0.346 e. The zero-order chi connectivity index (χ0) is 13.7. The molecule has 1 aliphatic carbocycles. The summed E-state index contributed by atoms with van der Waals surface area (Å²) < 4.78 is 4.68. The Morgan fingerprint density at radius 1 is 1.53 bits per heavy atom. The minimum absolute atomic E-state index is 0.0146. The van der Waals surface area contributed by atoms with E-state index in [2.05, 4.69) is 20.0 Å². The zero-order valence-electron chi connectivity index (χ0n) is 11.4.